The van der Waals surface area contributed by atoms with E-state index in [1.54, 1.807) is 18.5 Å². The highest BCUT2D eigenvalue weighted by atomic mass is 16.1. The molecule has 1 amide bonds. The van der Waals surface area contributed by atoms with Gasteiger partial charge in [0.05, 0.1) is 5.56 Å². The van der Waals surface area contributed by atoms with Gasteiger partial charge in [-0.25, -0.2) is 0 Å². The first kappa shape index (κ1) is 12.3. The molecule has 0 aliphatic carbocycles. The fraction of sp³-hybridized carbons (Fsp3) is 0.308. The lowest BCUT2D eigenvalue weighted by Gasteiger charge is -2.01. The SMILES string of the molecule is CCCc1cc(NC(=O)c2cncc(C)c2)n[nH]1. The number of aryl methyl sites for hydroxylation is 2. The summed E-state index contributed by atoms with van der Waals surface area (Å²) in [6.07, 6.45) is 5.22. The number of H-pyrrole nitrogens is 1. The van der Waals surface area contributed by atoms with Crippen LogP contribution in [0.1, 0.15) is 35.0 Å². The first-order valence-electron chi connectivity index (χ1n) is 5.96. The van der Waals surface area contributed by atoms with Gasteiger partial charge in [0, 0.05) is 24.2 Å². The first-order chi connectivity index (χ1) is 8.69. The Morgan fingerprint density at radius 3 is 2.94 bits per heavy atom. The van der Waals surface area contributed by atoms with Gasteiger partial charge < -0.3 is 5.32 Å². The van der Waals surface area contributed by atoms with Gasteiger partial charge in [0.1, 0.15) is 0 Å². The molecule has 0 aliphatic rings. The molecule has 2 aromatic rings. The number of anilines is 1. The maximum Gasteiger partial charge on any atom is 0.258 e. The monoisotopic (exact) mass is 244 g/mol. The standard InChI is InChI=1S/C13H16N4O/c1-3-4-11-6-12(17-16-11)15-13(18)10-5-9(2)7-14-8-10/h5-8H,3-4H2,1-2H3,(H2,15,16,17,18). The van der Waals surface area contributed by atoms with Crippen LogP contribution in [0.4, 0.5) is 5.82 Å². The van der Waals surface area contributed by atoms with Gasteiger partial charge in [-0.3, -0.25) is 14.9 Å². The molecular weight excluding hydrogens is 228 g/mol. The van der Waals surface area contributed by atoms with Crippen LogP contribution in [0.3, 0.4) is 0 Å². The summed E-state index contributed by atoms with van der Waals surface area (Å²) in [5, 5.41) is 9.68. The number of rotatable bonds is 4. The highest BCUT2D eigenvalue weighted by Crippen LogP contribution is 2.09. The number of hydrogen-bond donors (Lipinski definition) is 2. The third kappa shape index (κ3) is 2.94. The molecule has 2 rings (SSSR count). The Bertz CT molecular complexity index is 547. The minimum absolute atomic E-state index is 0.194. The molecule has 0 spiro atoms. The lowest BCUT2D eigenvalue weighted by Crippen LogP contribution is -2.12. The van der Waals surface area contributed by atoms with E-state index in [0.29, 0.717) is 11.4 Å². The molecule has 5 heteroatoms. The lowest BCUT2D eigenvalue weighted by atomic mass is 10.2. The van der Waals surface area contributed by atoms with Crippen molar-refractivity contribution in [1.29, 1.82) is 0 Å². The van der Waals surface area contributed by atoms with Crippen molar-refractivity contribution in [2.75, 3.05) is 5.32 Å². The van der Waals surface area contributed by atoms with E-state index in [4.69, 9.17) is 0 Å². The molecule has 18 heavy (non-hydrogen) atoms. The Morgan fingerprint density at radius 1 is 1.39 bits per heavy atom. The summed E-state index contributed by atoms with van der Waals surface area (Å²) in [4.78, 5) is 15.9. The molecule has 0 saturated carbocycles. The van der Waals surface area contributed by atoms with E-state index >= 15 is 0 Å². The van der Waals surface area contributed by atoms with Crippen LogP contribution in [0.2, 0.25) is 0 Å². The molecule has 0 aliphatic heterocycles. The van der Waals surface area contributed by atoms with Gasteiger partial charge >= 0.3 is 0 Å². The number of amides is 1. The summed E-state index contributed by atoms with van der Waals surface area (Å²) >= 11 is 0. The normalized spacial score (nSPS) is 10.3. The zero-order valence-electron chi connectivity index (χ0n) is 10.5. The van der Waals surface area contributed by atoms with Crippen LogP contribution in [0.5, 0.6) is 0 Å². The Hall–Kier alpha value is -2.17. The van der Waals surface area contributed by atoms with Crippen molar-refractivity contribution in [1.82, 2.24) is 15.2 Å². The Morgan fingerprint density at radius 2 is 2.22 bits per heavy atom. The molecule has 0 fully saturated rings. The third-order valence-corrected chi connectivity index (χ3v) is 2.53. The van der Waals surface area contributed by atoms with Crippen LogP contribution < -0.4 is 5.32 Å². The number of hydrogen-bond acceptors (Lipinski definition) is 3. The van der Waals surface area contributed by atoms with Crippen LogP contribution in [-0.2, 0) is 6.42 Å². The second-order valence-electron chi connectivity index (χ2n) is 4.23. The van der Waals surface area contributed by atoms with Crippen molar-refractivity contribution >= 4 is 11.7 Å². The number of aromatic nitrogens is 3. The average Bonchev–Trinajstić information content (AvgIpc) is 2.77. The van der Waals surface area contributed by atoms with Gasteiger partial charge in [-0.05, 0) is 25.0 Å². The second kappa shape index (κ2) is 5.44. The molecule has 2 heterocycles. The minimum atomic E-state index is -0.194. The highest BCUT2D eigenvalue weighted by molar-refractivity contribution is 6.03. The zero-order chi connectivity index (χ0) is 13.0. The molecule has 0 unspecified atom stereocenters. The van der Waals surface area contributed by atoms with E-state index in [1.807, 2.05) is 13.0 Å². The number of aromatic amines is 1. The van der Waals surface area contributed by atoms with Crippen molar-refractivity contribution < 1.29 is 4.79 Å². The Kier molecular flexibility index (Phi) is 3.72. The largest absolute Gasteiger partial charge is 0.305 e. The van der Waals surface area contributed by atoms with Gasteiger partial charge in [-0.15, -0.1) is 0 Å². The summed E-state index contributed by atoms with van der Waals surface area (Å²) in [6, 6.07) is 3.65. The van der Waals surface area contributed by atoms with Crippen LogP contribution >= 0.6 is 0 Å². The summed E-state index contributed by atoms with van der Waals surface area (Å²) < 4.78 is 0. The van der Waals surface area contributed by atoms with Gasteiger partial charge in [-0.1, -0.05) is 13.3 Å². The zero-order valence-corrected chi connectivity index (χ0v) is 10.5. The van der Waals surface area contributed by atoms with Crippen molar-refractivity contribution in [3.8, 4) is 0 Å². The van der Waals surface area contributed by atoms with E-state index in [0.717, 1.165) is 24.1 Å². The summed E-state index contributed by atoms with van der Waals surface area (Å²) in [5.74, 6) is 0.353. The lowest BCUT2D eigenvalue weighted by molar-refractivity contribution is 0.102. The van der Waals surface area contributed by atoms with Gasteiger partial charge in [0.15, 0.2) is 5.82 Å². The summed E-state index contributed by atoms with van der Waals surface area (Å²) in [6.45, 7) is 4.00. The molecule has 0 saturated heterocycles. The Labute approximate surface area is 106 Å². The first-order valence-corrected chi connectivity index (χ1v) is 5.96. The quantitative estimate of drug-likeness (QED) is 0.867. The fourth-order valence-corrected chi connectivity index (χ4v) is 1.69. The second-order valence-corrected chi connectivity index (χ2v) is 4.23. The minimum Gasteiger partial charge on any atom is -0.305 e. The predicted molar refractivity (Wildman–Crippen MR) is 69.5 cm³/mol. The molecule has 0 bridgehead atoms. The van der Waals surface area contributed by atoms with Crippen molar-refractivity contribution in [2.45, 2.75) is 26.7 Å². The predicted octanol–water partition coefficient (Wildman–Crippen LogP) is 2.32. The summed E-state index contributed by atoms with van der Waals surface area (Å²) in [7, 11) is 0. The van der Waals surface area contributed by atoms with E-state index in [2.05, 4.69) is 27.4 Å². The van der Waals surface area contributed by atoms with E-state index in [9.17, 15) is 4.79 Å². The van der Waals surface area contributed by atoms with E-state index < -0.39 is 0 Å². The number of nitrogens with one attached hydrogen (secondary N) is 2. The average molecular weight is 244 g/mol. The number of nitrogens with zero attached hydrogens (tertiary/aromatic N) is 2. The molecule has 0 radical (unpaired) electrons. The van der Waals surface area contributed by atoms with Crippen LogP contribution in [0, 0.1) is 6.92 Å². The fourth-order valence-electron chi connectivity index (χ4n) is 1.69. The Balaban J connectivity index is 2.06. The van der Waals surface area contributed by atoms with Crippen molar-refractivity contribution in [3.63, 3.8) is 0 Å². The van der Waals surface area contributed by atoms with Crippen LogP contribution in [0.25, 0.3) is 0 Å². The summed E-state index contributed by atoms with van der Waals surface area (Å²) in [5.41, 5.74) is 2.52. The molecule has 0 aromatic carbocycles. The third-order valence-electron chi connectivity index (χ3n) is 2.53. The van der Waals surface area contributed by atoms with Gasteiger partial charge in [-0.2, -0.15) is 5.10 Å². The molecule has 5 nitrogen and oxygen atoms in total. The van der Waals surface area contributed by atoms with Crippen LogP contribution in [-0.4, -0.2) is 21.1 Å². The number of pyridine rings is 1. The van der Waals surface area contributed by atoms with Crippen molar-refractivity contribution in [3.05, 3.63) is 41.3 Å². The van der Waals surface area contributed by atoms with Crippen LogP contribution in [0.15, 0.2) is 24.5 Å². The molecular formula is C13H16N4O. The molecule has 94 valence electrons. The topological polar surface area (TPSA) is 70.7 Å². The van der Waals surface area contributed by atoms with Gasteiger partial charge in [0.2, 0.25) is 0 Å². The maximum absolute atomic E-state index is 11.9. The maximum atomic E-state index is 11.9. The molecule has 0 atom stereocenters. The van der Waals surface area contributed by atoms with Gasteiger partial charge in [0.25, 0.3) is 5.91 Å². The van der Waals surface area contributed by atoms with E-state index in [-0.39, 0.29) is 5.91 Å². The van der Waals surface area contributed by atoms with E-state index in [1.165, 1.54) is 0 Å². The number of carbonyl (C=O) groups excluding carboxylic acids is 1. The molecule has 2 aromatic heterocycles. The molecule has 2 N–H and O–H groups in total. The van der Waals surface area contributed by atoms with Crippen molar-refractivity contribution in [2.24, 2.45) is 0 Å². The highest BCUT2D eigenvalue weighted by Gasteiger charge is 2.08. The smallest absolute Gasteiger partial charge is 0.258 e. The number of carbonyl (C=O) groups is 1.